The largest absolute Gasteiger partial charge is 0.350 e. The van der Waals surface area contributed by atoms with Gasteiger partial charge in [-0.15, -0.1) is 0 Å². The number of benzene rings is 2. The molecule has 88 valence electrons. The summed E-state index contributed by atoms with van der Waals surface area (Å²) in [7, 11) is 0. The molecule has 17 heavy (non-hydrogen) atoms. The van der Waals surface area contributed by atoms with Gasteiger partial charge in [-0.1, -0.05) is 30.3 Å². The van der Waals surface area contributed by atoms with Crippen LogP contribution < -0.4 is 5.32 Å². The van der Waals surface area contributed by atoms with Gasteiger partial charge in [-0.05, 0) is 46.6 Å². The summed E-state index contributed by atoms with van der Waals surface area (Å²) in [5.74, 6) is -0.0439. The van der Waals surface area contributed by atoms with Crippen molar-refractivity contribution in [1.29, 1.82) is 0 Å². The van der Waals surface area contributed by atoms with Crippen molar-refractivity contribution in [2.75, 3.05) is 0 Å². The number of amides is 1. The minimum atomic E-state index is -0.0439. The fourth-order valence-electron chi connectivity index (χ4n) is 1.75. The van der Waals surface area contributed by atoms with Crippen LogP contribution in [0.25, 0.3) is 10.8 Å². The van der Waals surface area contributed by atoms with E-state index in [0.29, 0.717) is 5.56 Å². The number of fused-ring (bicyclic) bond motifs is 1. The van der Waals surface area contributed by atoms with Crippen molar-refractivity contribution in [1.82, 2.24) is 5.32 Å². The fraction of sp³-hybridized carbons (Fsp3) is 0.214. The Morgan fingerprint density at radius 3 is 2.59 bits per heavy atom. The maximum atomic E-state index is 12.0. The predicted molar refractivity (Wildman–Crippen MR) is 74.3 cm³/mol. The second kappa shape index (κ2) is 4.88. The van der Waals surface area contributed by atoms with Gasteiger partial charge in [-0.2, -0.15) is 0 Å². The van der Waals surface area contributed by atoms with Crippen molar-refractivity contribution in [3.8, 4) is 0 Å². The van der Waals surface area contributed by atoms with E-state index < -0.39 is 0 Å². The lowest BCUT2D eigenvalue weighted by molar-refractivity contribution is 0.0942. The van der Waals surface area contributed by atoms with Crippen molar-refractivity contribution in [2.45, 2.75) is 19.9 Å². The van der Waals surface area contributed by atoms with Crippen LogP contribution in [-0.4, -0.2) is 11.9 Å². The summed E-state index contributed by atoms with van der Waals surface area (Å²) in [5.41, 5.74) is 0.678. The molecule has 3 heteroatoms. The lowest BCUT2D eigenvalue weighted by atomic mass is 10.1. The summed E-state index contributed by atoms with van der Waals surface area (Å²) in [6.07, 6.45) is 0. The number of halogens is 1. The molecule has 1 N–H and O–H groups in total. The smallest absolute Gasteiger partial charge is 0.252 e. The van der Waals surface area contributed by atoms with Gasteiger partial charge in [0.1, 0.15) is 0 Å². The van der Waals surface area contributed by atoms with Crippen LogP contribution in [0.3, 0.4) is 0 Å². The summed E-state index contributed by atoms with van der Waals surface area (Å²) in [5, 5.41) is 5.08. The molecule has 0 saturated heterocycles. The Morgan fingerprint density at radius 2 is 1.88 bits per heavy atom. The van der Waals surface area contributed by atoms with Gasteiger partial charge in [-0.3, -0.25) is 4.79 Å². The average Bonchev–Trinajstić information content (AvgIpc) is 2.28. The molecule has 2 rings (SSSR count). The molecular formula is C14H14BrNO. The Morgan fingerprint density at radius 1 is 1.18 bits per heavy atom. The molecular weight excluding hydrogens is 278 g/mol. The van der Waals surface area contributed by atoms with Crippen molar-refractivity contribution in [2.24, 2.45) is 0 Å². The van der Waals surface area contributed by atoms with Crippen LogP contribution in [0.1, 0.15) is 24.2 Å². The van der Waals surface area contributed by atoms with E-state index in [1.807, 2.05) is 50.2 Å². The highest BCUT2D eigenvalue weighted by atomic mass is 79.9. The molecule has 0 spiro atoms. The quantitative estimate of drug-likeness (QED) is 0.897. The third-order valence-electron chi connectivity index (χ3n) is 2.53. The Kier molecular flexibility index (Phi) is 3.48. The summed E-state index contributed by atoms with van der Waals surface area (Å²) >= 11 is 3.51. The first-order valence-corrected chi connectivity index (χ1v) is 6.37. The van der Waals surface area contributed by atoms with Crippen LogP contribution in [-0.2, 0) is 0 Å². The summed E-state index contributed by atoms with van der Waals surface area (Å²) < 4.78 is 0.855. The van der Waals surface area contributed by atoms with E-state index >= 15 is 0 Å². The zero-order valence-electron chi connectivity index (χ0n) is 9.83. The second-order valence-corrected chi connectivity index (χ2v) is 5.07. The van der Waals surface area contributed by atoms with Crippen molar-refractivity contribution >= 4 is 32.6 Å². The van der Waals surface area contributed by atoms with Crippen molar-refractivity contribution in [3.63, 3.8) is 0 Å². The summed E-state index contributed by atoms with van der Waals surface area (Å²) in [4.78, 5) is 12.0. The van der Waals surface area contributed by atoms with Gasteiger partial charge in [0.15, 0.2) is 0 Å². The first kappa shape index (κ1) is 12.1. The number of hydrogen-bond acceptors (Lipinski definition) is 1. The highest BCUT2D eigenvalue weighted by molar-refractivity contribution is 9.10. The standard InChI is InChI=1S/C14H14BrNO/c1-9(2)16-14(17)12-8-7-10-5-3-4-6-11(10)13(12)15/h3-9H,1-2H3,(H,16,17). The Labute approximate surface area is 109 Å². The Hall–Kier alpha value is -1.35. The lowest BCUT2D eigenvalue weighted by Gasteiger charge is -2.11. The van der Waals surface area contributed by atoms with E-state index in [1.54, 1.807) is 0 Å². The zero-order chi connectivity index (χ0) is 12.4. The van der Waals surface area contributed by atoms with Gasteiger partial charge < -0.3 is 5.32 Å². The van der Waals surface area contributed by atoms with E-state index in [1.165, 1.54) is 0 Å². The monoisotopic (exact) mass is 291 g/mol. The summed E-state index contributed by atoms with van der Waals surface area (Å²) in [6, 6.07) is 12.0. The summed E-state index contributed by atoms with van der Waals surface area (Å²) in [6.45, 7) is 3.90. The van der Waals surface area contributed by atoms with Crippen molar-refractivity contribution in [3.05, 3.63) is 46.4 Å². The van der Waals surface area contributed by atoms with Crippen LogP contribution in [0.15, 0.2) is 40.9 Å². The van der Waals surface area contributed by atoms with Crippen LogP contribution in [0.5, 0.6) is 0 Å². The molecule has 0 bridgehead atoms. The van der Waals surface area contributed by atoms with Gasteiger partial charge >= 0.3 is 0 Å². The molecule has 0 radical (unpaired) electrons. The Bertz CT molecular complexity index is 563. The maximum Gasteiger partial charge on any atom is 0.252 e. The third kappa shape index (κ3) is 2.50. The van der Waals surface area contributed by atoms with E-state index in [9.17, 15) is 4.79 Å². The second-order valence-electron chi connectivity index (χ2n) is 4.28. The topological polar surface area (TPSA) is 29.1 Å². The molecule has 2 nitrogen and oxygen atoms in total. The fourth-order valence-corrected chi connectivity index (χ4v) is 2.42. The van der Waals surface area contributed by atoms with E-state index in [-0.39, 0.29) is 11.9 Å². The maximum absolute atomic E-state index is 12.0. The van der Waals surface area contributed by atoms with E-state index in [0.717, 1.165) is 15.2 Å². The van der Waals surface area contributed by atoms with E-state index in [2.05, 4.69) is 21.2 Å². The minimum Gasteiger partial charge on any atom is -0.350 e. The number of rotatable bonds is 2. The molecule has 0 aliphatic rings. The SMILES string of the molecule is CC(C)NC(=O)c1ccc2ccccc2c1Br. The normalized spacial score (nSPS) is 10.8. The molecule has 0 aliphatic carbocycles. The molecule has 2 aromatic carbocycles. The first-order valence-electron chi connectivity index (χ1n) is 5.57. The molecule has 0 aromatic heterocycles. The predicted octanol–water partition coefficient (Wildman–Crippen LogP) is 3.74. The van der Waals surface area contributed by atoms with Gasteiger partial charge in [0.2, 0.25) is 0 Å². The van der Waals surface area contributed by atoms with Gasteiger partial charge in [0.25, 0.3) is 5.91 Å². The molecule has 0 unspecified atom stereocenters. The number of carbonyl (C=O) groups excluding carboxylic acids is 1. The van der Waals surface area contributed by atoms with Crippen LogP contribution in [0.2, 0.25) is 0 Å². The Balaban J connectivity index is 2.49. The van der Waals surface area contributed by atoms with Crippen LogP contribution >= 0.6 is 15.9 Å². The number of hydrogen-bond donors (Lipinski definition) is 1. The van der Waals surface area contributed by atoms with E-state index in [4.69, 9.17) is 0 Å². The highest BCUT2D eigenvalue weighted by Gasteiger charge is 2.12. The van der Waals surface area contributed by atoms with Crippen LogP contribution in [0.4, 0.5) is 0 Å². The average molecular weight is 292 g/mol. The number of nitrogens with one attached hydrogen (secondary N) is 1. The minimum absolute atomic E-state index is 0.0439. The molecule has 0 atom stereocenters. The van der Waals surface area contributed by atoms with Crippen LogP contribution in [0, 0.1) is 0 Å². The highest BCUT2D eigenvalue weighted by Crippen LogP contribution is 2.27. The molecule has 0 saturated carbocycles. The first-order chi connectivity index (χ1) is 8.09. The third-order valence-corrected chi connectivity index (χ3v) is 3.38. The van der Waals surface area contributed by atoms with Gasteiger partial charge in [-0.25, -0.2) is 0 Å². The zero-order valence-corrected chi connectivity index (χ0v) is 11.4. The van der Waals surface area contributed by atoms with Gasteiger partial charge in [0, 0.05) is 10.5 Å². The van der Waals surface area contributed by atoms with Crippen molar-refractivity contribution < 1.29 is 4.79 Å². The molecule has 2 aromatic rings. The lowest BCUT2D eigenvalue weighted by Crippen LogP contribution is -2.30. The molecule has 0 heterocycles. The molecule has 0 fully saturated rings. The number of carbonyl (C=O) groups is 1. The molecule has 0 aliphatic heterocycles. The van der Waals surface area contributed by atoms with Gasteiger partial charge in [0.05, 0.1) is 5.56 Å². The molecule has 1 amide bonds.